The summed E-state index contributed by atoms with van der Waals surface area (Å²) >= 11 is 0. The molecule has 0 radical (unpaired) electrons. The number of rotatable bonds is 5. The molecule has 0 spiro atoms. The van der Waals surface area contributed by atoms with Crippen molar-refractivity contribution in [3.05, 3.63) is 35.4 Å². The molecule has 0 saturated carbocycles. The molecule has 0 saturated heterocycles. The van der Waals surface area contributed by atoms with Crippen LogP contribution in [0.3, 0.4) is 0 Å². The van der Waals surface area contributed by atoms with Gasteiger partial charge in [0.05, 0.1) is 0 Å². The van der Waals surface area contributed by atoms with Crippen molar-refractivity contribution >= 4 is 11.9 Å². The molecule has 0 bridgehead atoms. The lowest BCUT2D eigenvalue weighted by Gasteiger charge is -2.19. The van der Waals surface area contributed by atoms with E-state index in [2.05, 4.69) is 38.2 Å². The highest BCUT2D eigenvalue weighted by molar-refractivity contribution is 5.81. The highest BCUT2D eigenvalue weighted by Gasteiger charge is 2.13. The maximum atomic E-state index is 11.4. The van der Waals surface area contributed by atoms with E-state index in [0.29, 0.717) is 12.8 Å². The van der Waals surface area contributed by atoms with Crippen LogP contribution in [0.15, 0.2) is 24.3 Å². The number of hydrogen-bond donors (Lipinski definition) is 2. The monoisotopic (exact) mass is 263 g/mol. The molecule has 104 valence electrons. The molecule has 0 aromatic heterocycles. The number of aliphatic carboxylic acids is 1. The molecule has 0 aliphatic rings. The number of benzene rings is 1. The lowest BCUT2D eigenvalue weighted by atomic mass is 9.86. The number of aryl methyl sites for hydroxylation is 1. The minimum absolute atomic E-state index is 0.122. The Balaban J connectivity index is 2.46. The Morgan fingerprint density at radius 1 is 1.16 bits per heavy atom. The van der Waals surface area contributed by atoms with Gasteiger partial charge in [-0.05, 0) is 23.0 Å². The van der Waals surface area contributed by atoms with Gasteiger partial charge in [-0.1, -0.05) is 45.0 Å². The standard InChI is InChI=1S/C15H21NO3/c1-15(2,3)12-7-4-11(5-8-12)6-9-13(17)16-10-14(18)19/h4-5,7-8H,6,9-10H2,1-3H3,(H,16,17)(H,18,19). The van der Waals surface area contributed by atoms with Crippen molar-refractivity contribution in [3.8, 4) is 0 Å². The third-order valence-electron chi connectivity index (χ3n) is 2.90. The normalized spacial score (nSPS) is 11.1. The Morgan fingerprint density at radius 2 is 1.74 bits per heavy atom. The van der Waals surface area contributed by atoms with Crippen molar-refractivity contribution < 1.29 is 14.7 Å². The van der Waals surface area contributed by atoms with Crippen LogP contribution in [0, 0.1) is 0 Å². The molecule has 0 fully saturated rings. The van der Waals surface area contributed by atoms with Crippen molar-refractivity contribution in [3.63, 3.8) is 0 Å². The van der Waals surface area contributed by atoms with Crippen molar-refractivity contribution in [2.75, 3.05) is 6.54 Å². The maximum Gasteiger partial charge on any atom is 0.322 e. The minimum atomic E-state index is -1.03. The van der Waals surface area contributed by atoms with Crippen LogP contribution >= 0.6 is 0 Å². The van der Waals surface area contributed by atoms with Gasteiger partial charge in [-0.25, -0.2) is 0 Å². The van der Waals surface area contributed by atoms with E-state index < -0.39 is 5.97 Å². The molecule has 0 aliphatic heterocycles. The van der Waals surface area contributed by atoms with E-state index in [1.54, 1.807) is 0 Å². The third kappa shape index (κ3) is 5.55. The fraction of sp³-hybridized carbons (Fsp3) is 0.467. The Hall–Kier alpha value is -1.84. The first-order chi connectivity index (χ1) is 8.79. The average molecular weight is 263 g/mol. The second-order valence-corrected chi connectivity index (χ2v) is 5.62. The van der Waals surface area contributed by atoms with Crippen LogP contribution in [-0.2, 0) is 21.4 Å². The smallest absolute Gasteiger partial charge is 0.322 e. The summed E-state index contributed by atoms with van der Waals surface area (Å²) in [6, 6.07) is 8.19. The van der Waals surface area contributed by atoms with Gasteiger partial charge in [0.15, 0.2) is 0 Å². The van der Waals surface area contributed by atoms with Crippen LogP contribution in [-0.4, -0.2) is 23.5 Å². The topological polar surface area (TPSA) is 66.4 Å². The summed E-state index contributed by atoms with van der Waals surface area (Å²) in [6.07, 6.45) is 0.929. The molecular weight excluding hydrogens is 242 g/mol. The summed E-state index contributed by atoms with van der Waals surface area (Å²) in [5.74, 6) is -1.26. The van der Waals surface area contributed by atoms with Crippen molar-refractivity contribution in [2.45, 2.75) is 39.0 Å². The van der Waals surface area contributed by atoms with Gasteiger partial charge in [-0.3, -0.25) is 9.59 Å². The lowest BCUT2D eigenvalue weighted by Crippen LogP contribution is -2.29. The Bertz CT molecular complexity index is 443. The molecule has 1 amide bonds. The van der Waals surface area contributed by atoms with E-state index in [1.165, 1.54) is 5.56 Å². The molecule has 0 unspecified atom stereocenters. The number of nitrogens with one attached hydrogen (secondary N) is 1. The Kier molecular flexibility index (Phi) is 5.10. The summed E-state index contributed by atoms with van der Waals surface area (Å²) in [4.78, 5) is 21.7. The van der Waals surface area contributed by atoms with Crippen molar-refractivity contribution in [1.82, 2.24) is 5.32 Å². The highest BCUT2D eigenvalue weighted by Crippen LogP contribution is 2.22. The molecule has 2 N–H and O–H groups in total. The van der Waals surface area contributed by atoms with Gasteiger partial charge < -0.3 is 10.4 Å². The van der Waals surface area contributed by atoms with E-state index in [4.69, 9.17) is 5.11 Å². The molecule has 1 rings (SSSR count). The Morgan fingerprint density at radius 3 is 2.21 bits per heavy atom. The molecular formula is C15H21NO3. The number of amides is 1. The van der Waals surface area contributed by atoms with Crippen LogP contribution in [0.1, 0.15) is 38.3 Å². The SMILES string of the molecule is CC(C)(C)c1ccc(CCC(=O)NCC(=O)O)cc1. The van der Waals surface area contributed by atoms with Gasteiger partial charge in [-0.15, -0.1) is 0 Å². The first-order valence-corrected chi connectivity index (χ1v) is 6.37. The molecule has 1 aromatic rings. The maximum absolute atomic E-state index is 11.4. The highest BCUT2D eigenvalue weighted by atomic mass is 16.4. The molecule has 4 heteroatoms. The minimum Gasteiger partial charge on any atom is -0.480 e. The van der Waals surface area contributed by atoms with E-state index in [-0.39, 0.29) is 17.9 Å². The van der Waals surface area contributed by atoms with Crippen LogP contribution in [0.5, 0.6) is 0 Å². The summed E-state index contributed by atoms with van der Waals surface area (Å²) in [5.41, 5.74) is 2.46. The molecule has 19 heavy (non-hydrogen) atoms. The largest absolute Gasteiger partial charge is 0.480 e. The zero-order valence-corrected chi connectivity index (χ0v) is 11.7. The number of carbonyl (C=O) groups is 2. The fourth-order valence-electron chi connectivity index (χ4n) is 1.69. The third-order valence-corrected chi connectivity index (χ3v) is 2.90. The number of carboxylic acids is 1. The zero-order valence-electron chi connectivity index (χ0n) is 11.7. The molecule has 0 atom stereocenters. The Labute approximate surface area is 113 Å². The summed E-state index contributed by atoms with van der Waals surface area (Å²) < 4.78 is 0. The van der Waals surface area contributed by atoms with Crippen LogP contribution in [0.4, 0.5) is 0 Å². The fourth-order valence-corrected chi connectivity index (χ4v) is 1.69. The lowest BCUT2D eigenvalue weighted by molar-refractivity contribution is -0.137. The second kappa shape index (κ2) is 6.36. The van der Waals surface area contributed by atoms with Crippen LogP contribution < -0.4 is 5.32 Å². The molecule has 0 heterocycles. The predicted octanol–water partition coefficient (Wildman–Crippen LogP) is 2.12. The summed E-state index contributed by atoms with van der Waals surface area (Å²) in [5, 5.41) is 10.8. The number of hydrogen-bond acceptors (Lipinski definition) is 2. The van der Waals surface area contributed by atoms with Crippen LogP contribution in [0.2, 0.25) is 0 Å². The molecule has 4 nitrogen and oxygen atoms in total. The average Bonchev–Trinajstić information content (AvgIpc) is 2.33. The van der Waals surface area contributed by atoms with Gasteiger partial charge in [0.25, 0.3) is 0 Å². The number of carbonyl (C=O) groups excluding carboxylic acids is 1. The van der Waals surface area contributed by atoms with Gasteiger partial charge in [0.1, 0.15) is 6.54 Å². The molecule has 0 aliphatic carbocycles. The second-order valence-electron chi connectivity index (χ2n) is 5.62. The summed E-state index contributed by atoms with van der Waals surface area (Å²) in [6.45, 7) is 6.14. The predicted molar refractivity (Wildman–Crippen MR) is 74.1 cm³/mol. The van der Waals surface area contributed by atoms with E-state index in [9.17, 15) is 9.59 Å². The van der Waals surface area contributed by atoms with E-state index >= 15 is 0 Å². The number of carboxylic acid groups (broad SMARTS) is 1. The van der Waals surface area contributed by atoms with Gasteiger partial charge in [-0.2, -0.15) is 0 Å². The quantitative estimate of drug-likeness (QED) is 0.855. The van der Waals surface area contributed by atoms with E-state index in [1.807, 2.05) is 12.1 Å². The first-order valence-electron chi connectivity index (χ1n) is 6.37. The van der Waals surface area contributed by atoms with Gasteiger partial charge in [0.2, 0.25) is 5.91 Å². The van der Waals surface area contributed by atoms with Crippen LogP contribution in [0.25, 0.3) is 0 Å². The van der Waals surface area contributed by atoms with E-state index in [0.717, 1.165) is 5.56 Å². The molecule has 1 aromatic carbocycles. The first kappa shape index (κ1) is 15.2. The summed E-state index contributed by atoms with van der Waals surface area (Å²) in [7, 11) is 0. The van der Waals surface area contributed by atoms with Crippen molar-refractivity contribution in [1.29, 1.82) is 0 Å². The zero-order chi connectivity index (χ0) is 14.5. The van der Waals surface area contributed by atoms with Crippen molar-refractivity contribution in [2.24, 2.45) is 0 Å². The van der Waals surface area contributed by atoms with Gasteiger partial charge >= 0.3 is 5.97 Å². The van der Waals surface area contributed by atoms with Gasteiger partial charge in [0, 0.05) is 6.42 Å².